The molecule has 3 rings (SSSR count). The second kappa shape index (κ2) is 6.50. The van der Waals surface area contributed by atoms with Crippen molar-refractivity contribution < 1.29 is 8.42 Å². The Morgan fingerprint density at radius 3 is 2.32 bits per heavy atom. The van der Waals surface area contributed by atoms with Crippen molar-refractivity contribution in [1.82, 2.24) is 9.21 Å². The van der Waals surface area contributed by atoms with Crippen LogP contribution in [0.4, 0.5) is 0 Å². The highest BCUT2D eigenvalue weighted by Crippen LogP contribution is 2.22. The molecule has 0 unspecified atom stereocenters. The number of sulfonamides is 1. The minimum absolute atomic E-state index is 0.444. The van der Waals surface area contributed by atoms with Gasteiger partial charge < -0.3 is 0 Å². The molecular formula is C16H20N2O2S2. The van der Waals surface area contributed by atoms with Gasteiger partial charge in [-0.15, -0.1) is 11.3 Å². The zero-order chi connectivity index (χ0) is 15.6. The Bertz CT molecular complexity index is 701. The molecule has 0 spiro atoms. The molecule has 1 fully saturated rings. The van der Waals surface area contributed by atoms with Crippen LogP contribution in [0, 0.1) is 6.92 Å². The maximum absolute atomic E-state index is 12.5. The molecule has 4 nitrogen and oxygen atoms in total. The molecule has 0 saturated carbocycles. The summed E-state index contributed by atoms with van der Waals surface area (Å²) in [6, 6.07) is 12.0. The fourth-order valence-corrected chi connectivity index (χ4v) is 5.18. The van der Waals surface area contributed by atoms with Crippen molar-refractivity contribution in [1.29, 1.82) is 0 Å². The molecule has 0 bridgehead atoms. The van der Waals surface area contributed by atoms with E-state index < -0.39 is 10.0 Å². The molecule has 1 aliphatic rings. The highest BCUT2D eigenvalue weighted by molar-refractivity contribution is 7.91. The molecular weight excluding hydrogens is 316 g/mol. The molecule has 1 aromatic carbocycles. The fourth-order valence-electron chi connectivity index (χ4n) is 2.62. The van der Waals surface area contributed by atoms with Crippen LogP contribution < -0.4 is 0 Å². The van der Waals surface area contributed by atoms with Crippen LogP contribution in [0.2, 0.25) is 0 Å². The van der Waals surface area contributed by atoms with Crippen LogP contribution in [0.25, 0.3) is 0 Å². The van der Waals surface area contributed by atoms with Crippen LogP contribution in [-0.2, 0) is 16.6 Å². The average molecular weight is 336 g/mol. The average Bonchev–Trinajstić information content (AvgIpc) is 3.05. The van der Waals surface area contributed by atoms with E-state index in [1.807, 2.05) is 0 Å². The second-order valence-electron chi connectivity index (χ2n) is 5.60. The largest absolute Gasteiger partial charge is 0.296 e. The number of rotatable bonds is 4. The topological polar surface area (TPSA) is 40.6 Å². The molecule has 0 amide bonds. The Kier molecular flexibility index (Phi) is 4.63. The van der Waals surface area contributed by atoms with Gasteiger partial charge >= 0.3 is 0 Å². The molecule has 2 heterocycles. The monoisotopic (exact) mass is 336 g/mol. The van der Waals surface area contributed by atoms with Crippen molar-refractivity contribution in [3.63, 3.8) is 0 Å². The Labute approximate surface area is 136 Å². The molecule has 0 radical (unpaired) electrons. The molecule has 6 heteroatoms. The van der Waals surface area contributed by atoms with Crippen molar-refractivity contribution in [2.75, 3.05) is 26.2 Å². The molecule has 1 saturated heterocycles. The number of hydrogen-bond donors (Lipinski definition) is 0. The second-order valence-corrected chi connectivity index (χ2v) is 8.71. The van der Waals surface area contributed by atoms with Crippen molar-refractivity contribution in [3.05, 3.63) is 52.9 Å². The van der Waals surface area contributed by atoms with Crippen LogP contribution in [0.3, 0.4) is 0 Å². The van der Waals surface area contributed by atoms with E-state index in [1.165, 1.54) is 22.5 Å². The van der Waals surface area contributed by atoms with E-state index in [4.69, 9.17) is 0 Å². The first-order valence-electron chi connectivity index (χ1n) is 7.37. The number of piperazine rings is 1. The van der Waals surface area contributed by atoms with E-state index >= 15 is 0 Å². The van der Waals surface area contributed by atoms with Crippen LogP contribution in [-0.4, -0.2) is 43.8 Å². The van der Waals surface area contributed by atoms with Gasteiger partial charge in [-0.05, 0) is 23.9 Å². The maximum Gasteiger partial charge on any atom is 0.252 e. The molecule has 0 N–H and O–H groups in total. The van der Waals surface area contributed by atoms with Crippen LogP contribution >= 0.6 is 11.3 Å². The molecule has 0 atom stereocenters. The Morgan fingerprint density at radius 2 is 1.73 bits per heavy atom. The zero-order valence-electron chi connectivity index (χ0n) is 12.6. The van der Waals surface area contributed by atoms with E-state index in [0.717, 1.165) is 19.6 Å². The van der Waals surface area contributed by atoms with Gasteiger partial charge in [-0.1, -0.05) is 35.9 Å². The first-order chi connectivity index (χ1) is 10.6. The predicted octanol–water partition coefficient (Wildman–Crippen LogP) is 2.56. The van der Waals surface area contributed by atoms with Gasteiger partial charge in [-0.3, -0.25) is 4.90 Å². The lowest BCUT2D eigenvalue weighted by atomic mass is 10.1. The molecule has 22 heavy (non-hydrogen) atoms. The van der Waals surface area contributed by atoms with Crippen molar-refractivity contribution in [3.8, 4) is 0 Å². The molecule has 1 aromatic heterocycles. The summed E-state index contributed by atoms with van der Waals surface area (Å²) >= 11 is 1.29. The minimum atomic E-state index is -3.30. The fraction of sp³-hybridized carbons (Fsp3) is 0.375. The SMILES string of the molecule is Cc1ccc(CN2CCN(S(=O)(=O)c3cccs3)CC2)cc1. The van der Waals surface area contributed by atoms with Crippen LogP contribution in [0.5, 0.6) is 0 Å². The molecule has 1 aliphatic heterocycles. The summed E-state index contributed by atoms with van der Waals surface area (Å²) in [5, 5.41) is 1.81. The van der Waals surface area contributed by atoms with E-state index in [0.29, 0.717) is 17.3 Å². The van der Waals surface area contributed by atoms with Gasteiger partial charge in [0.15, 0.2) is 0 Å². The maximum atomic E-state index is 12.5. The van der Waals surface area contributed by atoms with Gasteiger partial charge in [0.2, 0.25) is 0 Å². The van der Waals surface area contributed by atoms with E-state index in [2.05, 4.69) is 36.1 Å². The Balaban J connectivity index is 1.60. The highest BCUT2D eigenvalue weighted by Gasteiger charge is 2.28. The minimum Gasteiger partial charge on any atom is -0.296 e. The number of benzene rings is 1. The van der Waals surface area contributed by atoms with E-state index in [-0.39, 0.29) is 0 Å². The third kappa shape index (κ3) is 3.41. The summed E-state index contributed by atoms with van der Waals surface area (Å²) in [5.74, 6) is 0. The lowest BCUT2D eigenvalue weighted by molar-refractivity contribution is 0.182. The van der Waals surface area contributed by atoms with Crippen molar-refractivity contribution in [2.24, 2.45) is 0 Å². The molecule has 118 valence electrons. The Hall–Kier alpha value is -1.21. The van der Waals surface area contributed by atoms with Crippen LogP contribution in [0.15, 0.2) is 46.0 Å². The van der Waals surface area contributed by atoms with Crippen LogP contribution in [0.1, 0.15) is 11.1 Å². The normalized spacial score (nSPS) is 17.7. The summed E-state index contributed by atoms with van der Waals surface area (Å²) < 4.78 is 27.0. The first-order valence-corrected chi connectivity index (χ1v) is 9.69. The summed E-state index contributed by atoms with van der Waals surface area (Å²) in [4.78, 5) is 2.31. The molecule has 0 aliphatic carbocycles. The van der Waals surface area contributed by atoms with Gasteiger partial charge in [0, 0.05) is 32.7 Å². The number of thiophene rings is 1. The van der Waals surface area contributed by atoms with E-state index in [9.17, 15) is 8.42 Å². The predicted molar refractivity (Wildman–Crippen MR) is 89.5 cm³/mol. The Morgan fingerprint density at radius 1 is 1.05 bits per heavy atom. The van der Waals surface area contributed by atoms with Crippen molar-refractivity contribution in [2.45, 2.75) is 17.7 Å². The van der Waals surface area contributed by atoms with Gasteiger partial charge in [0.25, 0.3) is 10.0 Å². The number of hydrogen-bond acceptors (Lipinski definition) is 4. The quantitative estimate of drug-likeness (QED) is 0.861. The number of aryl methyl sites for hydroxylation is 1. The smallest absolute Gasteiger partial charge is 0.252 e. The third-order valence-corrected chi connectivity index (χ3v) is 7.22. The summed E-state index contributed by atoms with van der Waals surface area (Å²) in [5.41, 5.74) is 2.54. The lowest BCUT2D eigenvalue weighted by Crippen LogP contribution is -2.48. The summed E-state index contributed by atoms with van der Waals surface area (Å²) in [6.45, 7) is 5.64. The van der Waals surface area contributed by atoms with Gasteiger partial charge in [0.1, 0.15) is 4.21 Å². The first kappa shape index (κ1) is 15.7. The van der Waals surface area contributed by atoms with Gasteiger partial charge in [-0.2, -0.15) is 4.31 Å². The third-order valence-electron chi connectivity index (χ3n) is 3.95. The standard InChI is InChI=1S/C16H20N2O2S2/c1-14-4-6-15(7-5-14)13-17-8-10-18(11-9-17)22(19,20)16-3-2-12-21-16/h2-7,12H,8-11,13H2,1H3. The zero-order valence-corrected chi connectivity index (χ0v) is 14.2. The summed E-state index contributed by atoms with van der Waals surface area (Å²) in [7, 11) is -3.30. The van der Waals surface area contributed by atoms with Gasteiger partial charge in [-0.25, -0.2) is 8.42 Å². The van der Waals surface area contributed by atoms with Crippen molar-refractivity contribution >= 4 is 21.4 Å². The highest BCUT2D eigenvalue weighted by atomic mass is 32.2. The number of nitrogens with zero attached hydrogens (tertiary/aromatic N) is 2. The lowest BCUT2D eigenvalue weighted by Gasteiger charge is -2.33. The summed E-state index contributed by atoms with van der Waals surface area (Å²) in [6.07, 6.45) is 0. The van der Waals surface area contributed by atoms with Gasteiger partial charge in [0.05, 0.1) is 0 Å². The molecule has 2 aromatic rings. The van der Waals surface area contributed by atoms with E-state index in [1.54, 1.807) is 21.8 Å².